The van der Waals surface area contributed by atoms with Crippen molar-refractivity contribution in [2.75, 3.05) is 23.8 Å². The predicted molar refractivity (Wildman–Crippen MR) is 84.0 cm³/mol. The van der Waals surface area contributed by atoms with Gasteiger partial charge < -0.3 is 10.2 Å². The molecule has 1 saturated carbocycles. The lowest BCUT2D eigenvalue weighted by Gasteiger charge is -2.40. The Morgan fingerprint density at radius 1 is 1.30 bits per heavy atom. The lowest BCUT2D eigenvalue weighted by Crippen LogP contribution is -2.64. The van der Waals surface area contributed by atoms with Crippen LogP contribution in [0.1, 0.15) is 26.2 Å². The van der Waals surface area contributed by atoms with Crippen LogP contribution in [0.4, 0.5) is 0 Å². The number of rotatable bonds is 4. The zero-order valence-corrected chi connectivity index (χ0v) is 13.5. The van der Waals surface area contributed by atoms with Gasteiger partial charge >= 0.3 is 0 Å². The molecule has 4 nitrogen and oxygen atoms in total. The maximum absolute atomic E-state index is 12.7. The molecule has 2 saturated heterocycles. The van der Waals surface area contributed by atoms with Crippen LogP contribution in [0.2, 0.25) is 0 Å². The van der Waals surface area contributed by atoms with E-state index < -0.39 is 0 Å². The van der Waals surface area contributed by atoms with Crippen molar-refractivity contribution in [3.8, 4) is 0 Å². The topological polar surface area (TPSA) is 49.4 Å². The number of hydrogen-bond donors (Lipinski definition) is 1. The van der Waals surface area contributed by atoms with Crippen molar-refractivity contribution in [1.29, 1.82) is 0 Å². The van der Waals surface area contributed by atoms with Gasteiger partial charge in [0, 0.05) is 29.1 Å². The van der Waals surface area contributed by atoms with Gasteiger partial charge in [0.05, 0.1) is 0 Å². The van der Waals surface area contributed by atoms with Crippen molar-refractivity contribution in [2.45, 2.75) is 43.5 Å². The average molecular weight is 314 g/mol. The first-order valence-electron chi connectivity index (χ1n) is 7.51. The summed E-state index contributed by atoms with van der Waals surface area (Å²) in [5, 5.41) is 3.44. The molecule has 0 spiro atoms. The molecule has 1 N–H and O–H groups in total. The lowest BCUT2D eigenvalue weighted by molar-refractivity contribution is -0.150. The third kappa shape index (κ3) is 2.96. The summed E-state index contributed by atoms with van der Waals surface area (Å²) in [6.07, 6.45) is 2.87. The minimum absolute atomic E-state index is 0.0532. The monoisotopic (exact) mass is 314 g/mol. The first kappa shape index (κ1) is 14.6. The van der Waals surface area contributed by atoms with Crippen LogP contribution in [0.15, 0.2) is 0 Å². The second-order valence-corrected chi connectivity index (χ2v) is 8.36. The zero-order valence-electron chi connectivity index (χ0n) is 11.8. The number of carbonyl (C=O) groups is 2. The second kappa shape index (κ2) is 6.18. The highest BCUT2D eigenvalue weighted by Gasteiger charge is 2.46. The minimum Gasteiger partial charge on any atom is -0.342 e. The van der Waals surface area contributed by atoms with Crippen LogP contribution in [-0.2, 0) is 9.59 Å². The Kier molecular flexibility index (Phi) is 4.50. The quantitative estimate of drug-likeness (QED) is 0.851. The van der Waals surface area contributed by atoms with E-state index in [2.05, 4.69) is 5.32 Å². The summed E-state index contributed by atoms with van der Waals surface area (Å²) in [6.45, 7) is 2.73. The van der Waals surface area contributed by atoms with Gasteiger partial charge in [-0.05, 0) is 25.2 Å². The molecule has 2 amide bonds. The molecule has 2 heterocycles. The average Bonchev–Trinajstić information content (AvgIpc) is 3.28. The van der Waals surface area contributed by atoms with E-state index in [0.717, 1.165) is 30.9 Å². The van der Waals surface area contributed by atoms with Crippen molar-refractivity contribution >= 4 is 35.3 Å². The van der Waals surface area contributed by atoms with Crippen molar-refractivity contribution in [3.05, 3.63) is 0 Å². The van der Waals surface area contributed by atoms with Crippen LogP contribution in [-0.4, -0.2) is 57.9 Å². The number of amides is 2. The maximum Gasteiger partial charge on any atom is 0.246 e. The fourth-order valence-corrected chi connectivity index (χ4v) is 5.68. The van der Waals surface area contributed by atoms with E-state index in [1.165, 1.54) is 5.75 Å². The zero-order chi connectivity index (χ0) is 14.1. The van der Waals surface area contributed by atoms with Gasteiger partial charge in [-0.1, -0.05) is 6.92 Å². The van der Waals surface area contributed by atoms with Crippen molar-refractivity contribution in [3.63, 3.8) is 0 Å². The summed E-state index contributed by atoms with van der Waals surface area (Å²) in [7, 11) is 0. The Bertz CT molecular complexity index is 395. The Hall–Kier alpha value is -0.360. The highest BCUT2D eigenvalue weighted by atomic mass is 32.2. The number of piperazine rings is 1. The molecular weight excluding hydrogens is 292 g/mol. The van der Waals surface area contributed by atoms with Gasteiger partial charge in [-0.25, -0.2) is 0 Å². The van der Waals surface area contributed by atoms with Crippen LogP contribution in [0.25, 0.3) is 0 Å². The Balaban J connectivity index is 1.71. The van der Waals surface area contributed by atoms with Gasteiger partial charge in [0.15, 0.2) is 0 Å². The van der Waals surface area contributed by atoms with E-state index in [4.69, 9.17) is 0 Å². The summed E-state index contributed by atoms with van der Waals surface area (Å²) >= 11 is 3.91. The van der Waals surface area contributed by atoms with Crippen LogP contribution < -0.4 is 5.32 Å². The van der Waals surface area contributed by atoms with Gasteiger partial charge in [0.25, 0.3) is 0 Å². The predicted octanol–water partition coefficient (Wildman–Crippen LogP) is 1.35. The number of thioether (sulfide) groups is 2. The van der Waals surface area contributed by atoms with Gasteiger partial charge in [0.1, 0.15) is 12.1 Å². The molecule has 0 bridgehead atoms. The molecule has 0 aromatic carbocycles. The molecule has 3 atom stereocenters. The van der Waals surface area contributed by atoms with Gasteiger partial charge in [-0.2, -0.15) is 23.5 Å². The van der Waals surface area contributed by atoms with Gasteiger partial charge in [-0.15, -0.1) is 0 Å². The number of nitrogens with one attached hydrogen (secondary N) is 1. The van der Waals surface area contributed by atoms with E-state index in [1.807, 2.05) is 35.3 Å². The lowest BCUT2D eigenvalue weighted by atomic mass is 10.0. The molecule has 0 radical (unpaired) electrons. The third-order valence-electron chi connectivity index (χ3n) is 4.29. The molecule has 3 fully saturated rings. The Morgan fingerprint density at radius 3 is 2.70 bits per heavy atom. The van der Waals surface area contributed by atoms with Crippen molar-refractivity contribution < 1.29 is 9.59 Å². The number of hydrogen-bond acceptors (Lipinski definition) is 4. The molecule has 112 valence electrons. The molecule has 3 unspecified atom stereocenters. The summed E-state index contributed by atoms with van der Waals surface area (Å²) in [5.74, 6) is 4.07. The third-order valence-corrected chi connectivity index (χ3v) is 7.12. The van der Waals surface area contributed by atoms with Crippen molar-refractivity contribution in [1.82, 2.24) is 10.2 Å². The maximum atomic E-state index is 12.7. The second-order valence-electron chi connectivity index (χ2n) is 5.81. The molecule has 3 rings (SSSR count). The molecule has 20 heavy (non-hydrogen) atoms. The Labute approximate surface area is 128 Å². The standard InChI is InChI=1S/C14H22N2O2S2/c1-2-11-13(17)15-12(9-3-4-9)14(18)16(11)7-10-8-19-5-6-20-10/h9-12H,2-8H2,1H3,(H,15,17). The van der Waals surface area contributed by atoms with E-state index >= 15 is 0 Å². The molecule has 2 aliphatic heterocycles. The molecule has 0 aromatic rings. The molecule has 0 aromatic heterocycles. The van der Waals surface area contributed by atoms with Crippen molar-refractivity contribution in [2.24, 2.45) is 5.92 Å². The summed E-state index contributed by atoms with van der Waals surface area (Å²) < 4.78 is 0. The highest BCUT2D eigenvalue weighted by molar-refractivity contribution is 8.06. The fourth-order valence-electron chi connectivity index (χ4n) is 3.02. The van der Waals surface area contributed by atoms with Gasteiger partial charge in [-0.3, -0.25) is 9.59 Å². The van der Waals surface area contributed by atoms with Crippen LogP contribution in [0.5, 0.6) is 0 Å². The molecule has 6 heteroatoms. The molecular formula is C14H22N2O2S2. The number of nitrogens with zero attached hydrogens (tertiary/aromatic N) is 1. The summed E-state index contributed by atoms with van der Waals surface area (Å²) in [6, 6.07) is -0.503. The fraction of sp³-hybridized carbons (Fsp3) is 0.857. The number of carbonyl (C=O) groups excluding carboxylic acids is 2. The van der Waals surface area contributed by atoms with Gasteiger partial charge in [0.2, 0.25) is 11.8 Å². The first-order valence-corrected chi connectivity index (χ1v) is 9.71. The molecule has 3 aliphatic rings. The van der Waals surface area contributed by atoms with E-state index in [0.29, 0.717) is 17.6 Å². The first-order chi connectivity index (χ1) is 9.70. The van der Waals surface area contributed by atoms with Crippen LogP contribution >= 0.6 is 23.5 Å². The largest absolute Gasteiger partial charge is 0.342 e. The SMILES string of the molecule is CCC1C(=O)NC(C2CC2)C(=O)N1CC1CSCCS1. The van der Waals surface area contributed by atoms with Crippen LogP contribution in [0, 0.1) is 5.92 Å². The Morgan fingerprint density at radius 2 is 2.10 bits per heavy atom. The summed E-state index contributed by atoms with van der Waals surface area (Å²) in [5.41, 5.74) is 0. The highest BCUT2D eigenvalue weighted by Crippen LogP contribution is 2.36. The minimum atomic E-state index is -0.259. The normalized spacial score (nSPS) is 35.0. The van der Waals surface area contributed by atoms with Crippen LogP contribution in [0.3, 0.4) is 0 Å². The van der Waals surface area contributed by atoms with E-state index in [1.54, 1.807) is 0 Å². The molecule has 1 aliphatic carbocycles. The van der Waals surface area contributed by atoms with E-state index in [-0.39, 0.29) is 23.9 Å². The summed E-state index contributed by atoms with van der Waals surface area (Å²) in [4.78, 5) is 26.8. The smallest absolute Gasteiger partial charge is 0.246 e. The van der Waals surface area contributed by atoms with E-state index in [9.17, 15) is 9.59 Å².